The molecule has 1 aliphatic heterocycles. The normalized spacial score (nSPS) is 18.5. The summed E-state index contributed by atoms with van der Waals surface area (Å²) in [6.07, 6.45) is 0.309. The van der Waals surface area contributed by atoms with Gasteiger partial charge in [0.1, 0.15) is 6.04 Å². The Morgan fingerprint density at radius 2 is 2.04 bits per heavy atom. The molecule has 2 N–H and O–H groups in total. The predicted molar refractivity (Wildman–Crippen MR) is 88.2 cm³/mol. The second-order valence-corrected chi connectivity index (χ2v) is 6.50. The first-order chi connectivity index (χ1) is 10.9. The van der Waals surface area contributed by atoms with Crippen LogP contribution in [0.1, 0.15) is 24.9 Å². The summed E-state index contributed by atoms with van der Waals surface area (Å²) >= 11 is 7.27. The molecular weight excluding hydrogens is 340 g/mol. The highest BCUT2D eigenvalue weighted by molar-refractivity contribution is 7.99. The molecular formula is C15H17ClN2O4S. The zero-order valence-corrected chi connectivity index (χ0v) is 14.1. The van der Waals surface area contributed by atoms with E-state index >= 15 is 0 Å². The molecule has 0 saturated carbocycles. The number of hydrogen-bond acceptors (Lipinski definition) is 4. The summed E-state index contributed by atoms with van der Waals surface area (Å²) in [6, 6.07) is 4.43. The van der Waals surface area contributed by atoms with Gasteiger partial charge in [-0.25, -0.2) is 4.79 Å². The third kappa shape index (κ3) is 4.17. The molecule has 2 rings (SSSR count). The third-order valence-electron chi connectivity index (χ3n) is 3.54. The van der Waals surface area contributed by atoms with Crippen LogP contribution in [0, 0.1) is 0 Å². The standard InChI is InChI=1S/C15H17ClN2O4S/c1-2-12(19)18-8-23-7-11(18)14(20)17-13(15(21)22)9-3-5-10(16)6-4-9/h3-6,11,13H,2,7-8H2,1H3,(H,17,20)(H,21,22). The van der Waals surface area contributed by atoms with Gasteiger partial charge in [-0.3, -0.25) is 9.59 Å². The quantitative estimate of drug-likeness (QED) is 0.841. The number of halogens is 1. The number of carbonyl (C=O) groups excluding carboxylic acids is 2. The lowest BCUT2D eigenvalue weighted by Crippen LogP contribution is -2.49. The Hall–Kier alpha value is -1.73. The molecule has 1 aromatic carbocycles. The monoisotopic (exact) mass is 356 g/mol. The summed E-state index contributed by atoms with van der Waals surface area (Å²) in [6.45, 7) is 1.73. The van der Waals surface area contributed by atoms with E-state index in [-0.39, 0.29) is 5.91 Å². The topological polar surface area (TPSA) is 86.7 Å². The van der Waals surface area contributed by atoms with E-state index in [1.807, 2.05) is 0 Å². The van der Waals surface area contributed by atoms with Crippen molar-refractivity contribution in [1.82, 2.24) is 10.2 Å². The minimum absolute atomic E-state index is 0.117. The van der Waals surface area contributed by atoms with Crippen molar-refractivity contribution in [3.63, 3.8) is 0 Å². The van der Waals surface area contributed by atoms with Crippen LogP contribution in [0.4, 0.5) is 0 Å². The van der Waals surface area contributed by atoms with Crippen molar-refractivity contribution in [2.45, 2.75) is 25.4 Å². The van der Waals surface area contributed by atoms with Gasteiger partial charge in [-0.2, -0.15) is 0 Å². The maximum Gasteiger partial charge on any atom is 0.330 e. The number of aliphatic carboxylic acids is 1. The van der Waals surface area contributed by atoms with Crippen LogP contribution >= 0.6 is 23.4 Å². The molecule has 0 aliphatic carbocycles. The Labute approximate surface area is 143 Å². The molecule has 1 heterocycles. The van der Waals surface area contributed by atoms with E-state index in [1.54, 1.807) is 31.2 Å². The lowest BCUT2D eigenvalue weighted by atomic mass is 10.1. The molecule has 6 nitrogen and oxygen atoms in total. The van der Waals surface area contributed by atoms with E-state index in [0.717, 1.165) is 0 Å². The van der Waals surface area contributed by atoms with Crippen molar-refractivity contribution in [3.05, 3.63) is 34.9 Å². The summed E-state index contributed by atoms with van der Waals surface area (Å²) in [4.78, 5) is 37.2. The molecule has 8 heteroatoms. The maximum atomic E-state index is 12.4. The van der Waals surface area contributed by atoms with Crippen LogP contribution < -0.4 is 5.32 Å². The van der Waals surface area contributed by atoms with E-state index in [9.17, 15) is 19.5 Å². The summed E-state index contributed by atoms with van der Waals surface area (Å²) in [5.41, 5.74) is 0.425. The summed E-state index contributed by atoms with van der Waals surface area (Å²) < 4.78 is 0. The Bertz CT molecular complexity index is 608. The predicted octanol–water partition coefficient (Wildman–Crippen LogP) is 1.89. The molecule has 2 atom stereocenters. The molecule has 124 valence electrons. The molecule has 23 heavy (non-hydrogen) atoms. The molecule has 0 radical (unpaired) electrons. The third-order valence-corrected chi connectivity index (χ3v) is 4.81. The number of thioether (sulfide) groups is 1. The maximum absolute atomic E-state index is 12.4. The summed E-state index contributed by atoms with van der Waals surface area (Å²) in [5, 5.41) is 12.4. The lowest BCUT2D eigenvalue weighted by Gasteiger charge is -2.24. The van der Waals surface area contributed by atoms with Gasteiger partial charge in [0.15, 0.2) is 6.04 Å². The van der Waals surface area contributed by atoms with Crippen LogP contribution in [0.25, 0.3) is 0 Å². The minimum atomic E-state index is -1.18. The first-order valence-corrected chi connectivity index (χ1v) is 8.63. The van der Waals surface area contributed by atoms with Crippen LogP contribution in [-0.4, -0.2) is 45.5 Å². The van der Waals surface area contributed by atoms with Gasteiger partial charge in [0, 0.05) is 17.2 Å². The largest absolute Gasteiger partial charge is 0.479 e. The molecule has 1 aromatic rings. The van der Waals surface area contributed by atoms with E-state index in [0.29, 0.717) is 28.6 Å². The number of hydrogen-bond donors (Lipinski definition) is 2. The van der Waals surface area contributed by atoms with E-state index < -0.39 is 24.0 Å². The van der Waals surface area contributed by atoms with Crippen LogP contribution in [0.3, 0.4) is 0 Å². The first kappa shape index (κ1) is 17.6. The number of nitrogens with zero attached hydrogens (tertiary/aromatic N) is 1. The highest BCUT2D eigenvalue weighted by atomic mass is 35.5. The summed E-state index contributed by atoms with van der Waals surface area (Å²) in [5.74, 6) is -0.832. The second kappa shape index (κ2) is 7.70. The van der Waals surface area contributed by atoms with E-state index in [1.165, 1.54) is 16.7 Å². The SMILES string of the molecule is CCC(=O)N1CSCC1C(=O)NC(C(=O)O)c1ccc(Cl)cc1. The van der Waals surface area contributed by atoms with Crippen molar-refractivity contribution in [2.24, 2.45) is 0 Å². The van der Waals surface area contributed by atoms with Crippen LogP contribution in [-0.2, 0) is 14.4 Å². The van der Waals surface area contributed by atoms with Crippen LogP contribution in [0.15, 0.2) is 24.3 Å². The van der Waals surface area contributed by atoms with E-state index in [4.69, 9.17) is 11.6 Å². The molecule has 0 aromatic heterocycles. The van der Waals surface area contributed by atoms with Crippen molar-refractivity contribution in [3.8, 4) is 0 Å². The molecule has 2 amide bonds. The Morgan fingerprint density at radius 3 is 2.61 bits per heavy atom. The lowest BCUT2D eigenvalue weighted by molar-refractivity contribution is -0.143. The van der Waals surface area contributed by atoms with Crippen molar-refractivity contribution < 1.29 is 19.5 Å². The highest BCUT2D eigenvalue weighted by Crippen LogP contribution is 2.23. The fourth-order valence-corrected chi connectivity index (χ4v) is 3.60. The smallest absolute Gasteiger partial charge is 0.330 e. The zero-order chi connectivity index (χ0) is 17.0. The average molecular weight is 357 g/mol. The number of carbonyl (C=O) groups is 3. The zero-order valence-electron chi connectivity index (χ0n) is 12.5. The van der Waals surface area contributed by atoms with Gasteiger partial charge >= 0.3 is 5.97 Å². The number of rotatable bonds is 5. The van der Waals surface area contributed by atoms with Gasteiger partial charge < -0.3 is 15.3 Å². The molecule has 0 bridgehead atoms. The van der Waals surface area contributed by atoms with Gasteiger partial charge in [0.25, 0.3) is 0 Å². The number of carboxylic acids is 1. The summed E-state index contributed by atoms with van der Waals surface area (Å²) in [7, 11) is 0. The second-order valence-electron chi connectivity index (χ2n) is 5.06. The van der Waals surface area contributed by atoms with E-state index in [2.05, 4.69) is 5.32 Å². The average Bonchev–Trinajstić information content (AvgIpc) is 3.02. The van der Waals surface area contributed by atoms with Crippen molar-refractivity contribution in [2.75, 3.05) is 11.6 Å². The Balaban J connectivity index is 2.13. The molecule has 1 fully saturated rings. The molecule has 0 spiro atoms. The first-order valence-electron chi connectivity index (χ1n) is 7.10. The van der Waals surface area contributed by atoms with Gasteiger partial charge in [-0.1, -0.05) is 30.7 Å². The van der Waals surface area contributed by atoms with Crippen LogP contribution in [0.2, 0.25) is 5.02 Å². The van der Waals surface area contributed by atoms with Crippen molar-refractivity contribution in [1.29, 1.82) is 0 Å². The Morgan fingerprint density at radius 1 is 1.39 bits per heavy atom. The Kier molecular flexibility index (Phi) is 5.90. The van der Waals surface area contributed by atoms with Gasteiger partial charge in [0.05, 0.1) is 5.88 Å². The van der Waals surface area contributed by atoms with Gasteiger partial charge in [-0.15, -0.1) is 11.8 Å². The van der Waals surface area contributed by atoms with Gasteiger partial charge in [-0.05, 0) is 17.7 Å². The molecule has 1 saturated heterocycles. The number of amides is 2. The highest BCUT2D eigenvalue weighted by Gasteiger charge is 2.35. The van der Waals surface area contributed by atoms with Crippen molar-refractivity contribution >= 4 is 41.1 Å². The fraction of sp³-hybridized carbons (Fsp3) is 0.400. The van der Waals surface area contributed by atoms with Gasteiger partial charge in [0.2, 0.25) is 11.8 Å². The molecule has 2 unspecified atom stereocenters. The number of nitrogens with one attached hydrogen (secondary N) is 1. The number of carboxylic acid groups (broad SMARTS) is 1. The minimum Gasteiger partial charge on any atom is -0.479 e. The molecule has 1 aliphatic rings. The number of benzene rings is 1. The fourth-order valence-electron chi connectivity index (χ4n) is 2.29. The van der Waals surface area contributed by atoms with Crippen LogP contribution in [0.5, 0.6) is 0 Å².